The molecule has 0 aliphatic heterocycles. The van der Waals surface area contributed by atoms with Gasteiger partial charge in [-0.05, 0) is 6.54 Å². The molecule has 1 heterocycles. The van der Waals surface area contributed by atoms with Crippen LogP contribution in [0.15, 0.2) is 0 Å². The van der Waals surface area contributed by atoms with Gasteiger partial charge >= 0.3 is 0 Å². The van der Waals surface area contributed by atoms with Gasteiger partial charge in [0.05, 0.1) is 23.9 Å². The molecule has 1 N–H and O–H groups in total. The van der Waals surface area contributed by atoms with E-state index < -0.39 is 13.0 Å². The summed E-state index contributed by atoms with van der Waals surface area (Å²) in [6.45, 7) is 3.90. The van der Waals surface area contributed by atoms with Gasteiger partial charge in [-0.2, -0.15) is 0 Å². The minimum absolute atomic E-state index is 0.269. The van der Waals surface area contributed by atoms with E-state index in [2.05, 4.69) is 10.3 Å². The minimum atomic E-state index is -2.41. The second-order valence-electron chi connectivity index (χ2n) is 3.91. The van der Waals surface area contributed by atoms with Gasteiger partial charge < -0.3 is 14.8 Å². The predicted octanol–water partition coefficient (Wildman–Crippen LogP) is 2.22. The number of ether oxygens (including phenoxy) is 2. The fourth-order valence-corrected chi connectivity index (χ4v) is 2.52. The Morgan fingerprint density at radius 1 is 1.42 bits per heavy atom. The number of rotatable bonds is 10. The second kappa shape index (κ2) is 9.30. The van der Waals surface area contributed by atoms with E-state index in [1.165, 1.54) is 0 Å². The van der Waals surface area contributed by atoms with Gasteiger partial charge in [-0.1, -0.05) is 6.92 Å². The molecular weight excluding hydrogens is 274 g/mol. The van der Waals surface area contributed by atoms with Crippen molar-refractivity contribution >= 4 is 11.3 Å². The first kappa shape index (κ1) is 16.4. The second-order valence-corrected chi connectivity index (χ2v) is 5.07. The molecule has 0 aromatic carbocycles. The Morgan fingerprint density at radius 3 is 2.84 bits per heavy atom. The number of hydrogen-bond donors (Lipinski definition) is 1. The Balaban J connectivity index is 2.48. The van der Waals surface area contributed by atoms with Crippen LogP contribution in [-0.4, -0.2) is 38.3 Å². The summed E-state index contributed by atoms with van der Waals surface area (Å²) in [4.78, 5) is 5.59. The molecule has 19 heavy (non-hydrogen) atoms. The smallest absolute Gasteiger partial charge is 0.261 e. The van der Waals surface area contributed by atoms with Gasteiger partial charge in [-0.15, -0.1) is 11.3 Å². The Bertz CT molecular complexity index is 361. The van der Waals surface area contributed by atoms with Crippen LogP contribution in [0.25, 0.3) is 0 Å². The quantitative estimate of drug-likeness (QED) is 0.672. The molecule has 0 fully saturated rings. The maximum absolute atomic E-state index is 11.9. The summed E-state index contributed by atoms with van der Waals surface area (Å²) in [5.41, 5.74) is 0.914. The molecule has 0 spiro atoms. The first-order valence-corrected chi connectivity index (χ1v) is 7.02. The number of alkyl halides is 2. The van der Waals surface area contributed by atoms with Crippen LogP contribution >= 0.6 is 11.3 Å². The van der Waals surface area contributed by atoms with Gasteiger partial charge in [0.2, 0.25) is 0 Å². The van der Waals surface area contributed by atoms with Crippen LogP contribution in [0.4, 0.5) is 8.78 Å². The zero-order valence-corrected chi connectivity index (χ0v) is 12.1. The number of halogens is 2. The highest BCUT2D eigenvalue weighted by molar-refractivity contribution is 7.11. The maximum atomic E-state index is 11.9. The van der Waals surface area contributed by atoms with Gasteiger partial charge in [-0.25, -0.2) is 13.8 Å². The molecule has 1 rings (SSSR count). The molecule has 0 atom stereocenters. The molecule has 7 heteroatoms. The van der Waals surface area contributed by atoms with Crippen LogP contribution in [0.5, 0.6) is 0 Å². The molecule has 4 nitrogen and oxygen atoms in total. The van der Waals surface area contributed by atoms with E-state index in [1.54, 1.807) is 18.4 Å². The lowest BCUT2D eigenvalue weighted by Crippen LogP contribution is -2.12. The van der Waals surface area contributed by atoms with E-state index in [0.717, 1.165) is 28.7 Å². The third-order valence-corrected chi connectivity index (χ3v) is 3.50. The zero-order valence-electron chi connectivity index (χ0n) is 11.2. The average Bonchev–Trinajstić information content (AvgIpc) is 2.75. The Morgan fingerprint density at radius 2 is 2.21 bits per heavy atom. The number of hydrogen-bond acceptors (Lipinski definition) is 5. The summed E-state index contributed by atoms with van der Waals surface area (Å²) in [5, 5.41) is 4.14. The first-order chi connectivity index (χ1) is 9.17. The van der Waals surface area contributed by atoms with E-state index in [1.807, 2.05) is 6.92 Å². The molecule has 0 radical (unpaired) electrons. The van der Waals surface area contributed by atoms with Crippen molar-refractivity contribution in [3.8, 4) is 0 Å². The molecule has 0 saturated heterocycles. The SMILES string of the molecule is CCNCc1sc(CCOCC(F)F)nc1COC. The van der Waals surface area contributed by atoms with Crippen LogP contribution in [0, 0.1) is 0 Å². The Kier molecular flexibility index (Phi) is 8.04. The lowest BCUT2D eigenvalue weighted by atomic mass is 10.3. The highest BCUT2D eigenvalue weighted by Gasteiger charge is 2.11. The normalized spacial score (nSPS) is 11.4. The summed E-state index contributed by atoms with van der Waals surface area (Å²) in [5.74, 6) is 0. The van der Waals surface area contributed by atoms with Crippen molar-refractivity contribution in [1.82, 2.24) is 10.3 Å². The van der Waals surface area contributed by atoms with Crippen molar-refractivity contribution in [1.29, 1.82) is 0 Å². The molecule has 1 aromatic heterocycles. The minimum Gasteiger partial charge on any atom is -0.378 e. The molecular formula is C12H20F2N2O2S. The summed E-state index contributed by atoms with van der Waals surface area (Å²) in [7, 11) is 1.63. The van der Waals surface area contributed by atoms with Crippen molar-refractivity contribution in [2.45, 2.75) is 32.9 Å². The lowest BCUT2D eigenvalue weighted by molar-refractivity contribution is 0.0187. The summed E-state index contributed by atoms with van der Waals surface area (Å²) in [6, 6.07) is 0. The topological polar surface area (TPSA) is 43.4 Å². The first-order valence-electron chi connectivity index (χ1n) is 6.20. The molecule has 0 aliphatic rings. The molecule has 0 amide bonds. The van der Waals surface area contributed by atoms with Crippen LogP contribution in [0.1, 0.15) is 22.5 Å². The van der Waals surface area contributed by atoms with Gasteiger partial charge in [0.15, 0.2) is 0 Å². The van der Waals surface area contributed by atoms with Crippen LogP contribution < -0.4 is 5.32 Å². The number of thiazole rings is 1. The molecule has 0 unspecified atom stereocenters. The van der Waals surface area contributed by atoms with Crippen molar-refractivity contribution in [2.24, 2.45) is 0 Å². The van der Waals surface area contributed by atoms with E-state index in [4.69, 9.17) is 9.47 Å². The fraction of sp³-hybridized carbons (Fsp3) is 0.750. The molecule has 1 aromatic rings. The summed E-state index contributed by atoms with van der Waals surface area (Å²) < 4.78 is 33.8. The van der Waals surface area contributed by atoms with Crippen LogP contribution in [0.2, 0.25) is 0 Å². The molecule has 110 valence electrons. The maximum Gasteiger partial charge on any atom is 0.261 e. The average molecular weight is 294 g/mol. The Labute approximate surface area is 116 Å². The monoisotopic (exact) mass is 294 g/mol. The van der Waals surface area contributed by atoms with E-state index in [0.29, 0.717) is 13.0 Å². The van der Waals surface area contributed by atoms with Gasteiger partial charge in [0, 0.05) is 25.0 Å². The van der Waals surface area contributed by atoms with Gasteiger partial charge in [0.1, 0.15) is 6.61 Å². The van der Waals surface area contributed by atoms with Gasteiger partial charge in [0.25, 0.3) is 6.43 Å². The third-order valence-electron chi connectivity index (χ3n) is 2.34. The van der Waals surface area contributed by atoms with E-state index in [-0.39, 0.29) is 6.61 Å². The van der Waals surface area contributed by atoms with Crippen LogP contribution in [-0.2, 0) is 29.0 Å². The number of nitrogens with one attached hydrogen (secondary N) is 1. The number of nitrogens with zero attached hydrogens (tertiary/aromatic N) is 1. The summed E-state index contributed by atoms with van der Waals surface area (Å²) in [6.07, 6.45) is -1.86. The zero-order chi connectivity index (χ0) is 14.1. The van der Waals surface area contributed by atoms with Crippen molar-refractivity contribution < 1.29 is 18.3 Å². The highest BCUT2D eigenvalue weighted by Crippen LogP contribution is 2.20. The summed E-state index contributed by atoms with van der Waals surface area (Å²) >= 11 is 1.58. The lowest BCUT2D eigenvalue weighted by Gasteiger charge is -2.00. The molecule has 0 saturated carbocycles. The Hall–Kier alpha value is -0.630. The van der Waals surface area contributed by atoms with Crippen LogP contribution in [0.3, 0.4) is 0 Å². The fourth-order valence-electron chi connectivity index (χ4n) is 1.50. The van der Waals surface area contributed by atoms with Gasteiger partial charge in [-0.3, -0.25) is 0 Å². The third kappa shape index (κ3) is 6.38. The van der Waals surface area contributed by atoms with Crippen molar-refractivity contribution in [3.05, 3.63) is 15.6 Å². The van der Waals surface area contributed by atoms with E-state index >= 15 is 0 Å². The molecule has 0 aliphatic carbocycles. The van der Waals surface area contributed by atoms with Crippen molar-refractivity contribution in [2.75, 3.05) is 26.9 Å². The largest absolute Gasteiger partial charge is 0.378 e. The highest BCUT2D eigenvalue weighted by atomic mass is 32.1. The number of methoxy groups -OCH3 is 1. The number of aromatic nitrogens is 1. The van der Waals surface area contributed by atoms with Crippen molar-refractivity contribution in [3.63, 3.8) is 0 Å². The standard InChI is InChI=1S/C12H20F2N2O2S/c1-3-15-6-10-9(7-17-2)16-12(19-10)4-5-18-8-11(13)14/h11,15H,3-8H2,1-2H3. The molecule has 0 bridgehead atoms. The predicted molar refractivity (Wildman–Crippen MR) is 70.7 cm³/mol. The van der Waals surface area contributed by atoms with E-state index in [9.17, 15) is 8.78 Å².